The van der Waals surface area contributed by atoms with Crippen molar-refractivity contribution in [3.05, 3.63) is 83.4 Å². The molecule has 1 aliphatic rings. The summed E-state index contributed by atoms with van der Waals surface area (Å²) in [5, 5.41) is 3.98. The van der Waals surface area contributed by atoms with E-state index in [1.54, 1.807) is 54.6 Å². The van der Waals surface area contributed by atoms with E-state index in [4.69, 9.17) is 9.47 Å². The minimum Gasteiger partial charge on any atom is -0.454 e. The number of ether oxygens (including phenoxy) is 2. The summed E-state index contributed by atoms with van der Waals surface area (Å²) in [5.74, 6) is 0.674. The number of anilines is 1. The van der Waals surface area contributed by atoms with Crippen LogP contribution < -0.4 is 19.2 Å². The van der Waals surface area contributed by atoms with E-state index in [1.165, 1.54) is 6.21 Å². The molecule has 1 aliphatic heterocycles. The summed E-state index contributed by atoms with van der Waals surface area (Å²) >= 11 is 0. The molecule has 0 aliphatic carbocycles. The predicted molar refractivity (Wildman–Crippen MR) is 130 cm³/mol. The molecule has 176 valence electrons. The number of carbonyl (C=O) groups is 1. The monoisotopic (exact) mass is 479 g/mol. The van der Waals surface area contributed by atoms with Gasteiger partial charge in [0.2, 0.25) is 6.79 Å². The molecule has 9 heteroatoms. The van der Waals surface area contributed by atoms with Crippen LogP contribution in [0.5, 0.6) is 11.5 Å². The Balaban J connectivity index is 1.56. The summed E-state index contributed by atoms with van der Waals surface area (Å²) in [6.45, 7) is 3.56. The average Bonchev–Trinajstić information content (AvgIpc) is 3.31. The Morgan fingerprint density at radius 2 is 1.79 bits per heavy atom. The first-order valence-electron chi connectivity index (χ1n) is 10.8. The van der Waals surface area contributed by atoms with Crippen molar-refractivity contribution in [3.63, 3.8) is 0 Å². The van der Waals surface area contributed by atoms with Crippen LogP contribution in [-0.4, -0.2) is 33.9 Å². The zero-order valence-corrected chi connectivity index (χ0v) is 19.7. The Morgan fingerprint density at radius 3 is 2.56 bits per heavy atom. The van der Waals surface area contributed by atoms with Crippen molar-refractivity contribution in [2.75, 3.05) is 17.6 Å². The van der Waals surface area contributed by atoms with Gasteiger partial charge in [-0.15, -0.1) is 0 Å². The number of aryl methyl sites for hydroxylation is 2. The van der Waals surface area contributed by atoms with E-state index in [-0.39, 0.29) is 11.7 Å². The van der Waals surface area contributed by atoms with Gasteiger partial charge in [0.05, 0.1) is 16.8 Å². The SMILES string of the molecule is CCc1ccccc1N(CC(=O)N/N=C\c1ccc2c(c1)OCO2)S(=O)(=O)c1ccc(C)cc1. The lowest BCUT2D eigenvalue weighted by molar-refractivity contribution is -0.119. The molecule has 0 saturated heterocycles. The number of nitrogens with one attached hydrogen (secondary N) is 1. The fourth-order valence-corrected chi connectivity index (χ4v) is 4.99. The number of rotatable bonds is 8. The number of amides is 1. The van der Waals surface area contributed by atoms with E-state index < -0.39 is 22.5 Å². The second kappa shape index (κ2) is 9.96. The van der Waals surface area contributed by atoms with Gasteiger partial charge in [-0.2, -0.15) is 5.10 Å². The van der Waals surface area contributed by atoms with Gasteiger partial charge >= 0.3 is 0 Å². The number of para-hydroxylation sites is 1. The van der Waals surface area contributed by atoms with Crippen molar-refractivity contribution in [3.8, 4) is 11.5 Å². The molecular formula is C25H25N3O5S. The van der Waals surface area contributed by atoms with E-state index in [9.17, 15) is 13.2 Å². The van der Waals surface area contributed by atoms with E-state index in [0.29, 0.717) is 29.2 Å². The Bertz CT molecular complexity index is 1320. The highest BCUT2D eigenvalue weighted by Gasteiger charge is 2.28. The molecule has 1 amide bonds. The lowest BCUT2D eigenvalue weighted by atomic mass is 10.1. The van der Waals surface area contributed by atoms with Crippen LogP contribution in [0.15, 0.2) is 76.7 Å². The summed E-state index contributed by atoms with van der Waals surface area (Å²) in [6.07, 6.45) is 2.07. The second-order valence-corrected chi connectivity index (χ2v) is 9.58. The minimum absolute atomic E-state index is 0.112. The molecule has 3 aromatic rings. The molecule has 0 bridgehead atoms. The van der Waals surface area contributed by atoms with Crippen molar-refractivity contribution < 1.29 is 22.7 Å². The number of hydrazone groups is 1. The van der Waals surface area contributed by atoms with E-state index in [2.05, 4.69) is 10.5 Å². The van der Waals surface area contributed by atoms with Crippen molar-refractivity contribution >= 4 is 27.8 Å². The second-order valence-electron chi connectivity index (χ2n) is 7.71. The molecule has 1 N–H and O–H groups in total. The largest absolute Gasteiger partial charge is 0.454 e. The maximum absolute atomic E-state index is 13.5. The van der Waals surface area contributed by atoms with Crippen molar-refractivity contribution in [1.82, 2.24) is 5.43 Å². The predicted octanol–water partition coefficient (Wildman–Crippen LogP) is 3.63. The average molecular weight is 480 g/mol. The lowest BCUT2D eigenvalue weighted by Crippen LogP contribution is -2.40. The van der Waals surface area contributed by atoms with Crippen LogP contribution in [-0.2, 0) is 21.2 Å². The van der Waals surface area contributed by atoms with Crippen molar-refractivity contribution in [1.29, 1.82) is 0 Å². The molecule has 0 saturated carbocycles. The van der Waals surface area contributed by atoms with Crippen LogP contribution in [0.25, 0.3) is 0 Å². The molecule has 4 rings (SSSR count). The summed E-state index contributed by atoms with van der Waals surface area (Å²) in [4.78, 5) is 12.9. The maximum Gasteiger partial charge on any atom is 0.264 e. The van der Waals surface area contributed by atoms with Crippen molar-refractivity contribution in [2.45, 2.75) is 25.2 Å². The highest BCUT2D eigenvalue weighted by Crippen LogP contribution is 2.32. The summed E-state index contributed by atoms with van der Waals surface area (Å²) in [7, 11) is -3.99. The smallest absolute Gasteiger partial charge is 0.264 e. The summed E-state index contributed by atoms with van der Waals surface area (Å²) in [6, 6.07) is 19.0. The summed E-state index contributed by atoms with van der Waals surface area (Å²) < 4.78 is 38.8. The molecule has 0 aromatic heterocycles. The fourth-order valence-electron chi connectivity index (χ4n) is 3.53. The molecule has 0 fully saturated rings. The Kier molecular flexibility index (Phi) is 6.83. The molecule has 8 nitrogen and oxygen atoms in total. The number of sulfonamides is 1. The Morgan fingerprint density at radius 1 is 1.06 bits per heavy atom. The van der Waals surface area contributed by atoms with Crippen molar-refractivity contribution in [2.24, 2.45) is 5.10 Å². The van der Waals surface area contributed by atoms with Crippen LogP contribution in [0.2, 0.25) is 0 Å². The van der Waals surface area contributed by atoms with Crippen LogP contribution in [0.1, 0.15) is 23.6 Å². The molecule has 0 spiro atoms. The number of carbonyl (C=O) groups excluding carboxylic acids is 1. The first-order chi connectivity index (χ1) is 16.4. The molecule has 0 atom stereocenters. The standard InChI is InChI=1S/C25H25N3O5S/c1-3-20-6-4-5-7-22(20)28(34(30,31)21-11-8-18(2)9-12-21)16-25(29)27-26-15-19-10-13-23-24(14-19)33-17-32-23/h4-15H,3,16-17H2,1-2H3,(H,27,29)/b26-15-. The van der Waals surface area contributed by atoms with E-state index >= 15 is 0 Å². The van der Waals surface area contributed by atoms with Crippen LogP contribution in [0.4, 0.5) is 5.69 Å². The van der Waals surface area contributed by atoms with Gasteiger partial charge in [0.15, 0.2) is 11.5 Å². The number of fused-ring (bicyclic) bond motifs is 1. The summed E-state index contributed by atoms with van der Waals surface area (Å²) in [5.41, 5.74) is 5.33. The van der Waals surface area contributed by atoms with Gasteiger partial charge in [0.25, 0.3) is 15.9 Å². The zero-order valence-electron chi connectivity index (χ0n) is 18.9. The lowest BCUT2D eigenvalue weighted by Gasteiger charge is -2.25. The molecule has 34 heavy (non-hydrogen) atoms. The highest BCUT2D eigenvalue weighted by atomic mass is 32.2. The van der Waals surface area contributed by atoms with E-state index in [1.807, 2.05) is 26.0 Å². The number of benzene rings is 3. The van der Waals surface area contributed by atoms with Gasteiger partial charge in [-0.3, -0.25) is 9.10 Å². The first-order valence-corrected chi connectivity index (χ1v) is 12.2. The minimum atomic E-state index is -3.99. The third-order valence-corrected chi connectivity index (χ3v) is 7.11. The van der Waals surface area contributed by atoms with Gasteiger partial charge in [-0.05, 0) is 60.9 Å². The quantitative estimate of drug-likeness (QED) is 0.393. The van der Waals surface area contributed by atoms with Gasteiger partial charge in [-0.1, -0.05) is 42.8 Å². The molecule has 0 unspecified atom stereocenters. The number of hydrogen-bond donors (Lipinski definition) is 1. The van der Waals surface area contributed by atoms with Crippen LogP contribution in [0, 0.1) is 6.92 Å². The fraction of sp³-hybridized carbons (Fsp3) is 0.200. The van der Waals surface area contributed by atoms with Crippen LogP contribution in [0.3, 0.4) is 0 Å². The molecule has 3 aromatic carbocycles. The topological polar surface area (TPSA) is 97.3 Å². The van der Waals surface area contributed by atoms with Gasteiger partial charge in [0, 0.05) is 0 Å². The molecular weight excluding hydrogens is 454 g/mol. The Hall–Kier alpha value is -3.85. The van der Waals surface area contributed by atoms with E-state index in [0.717, 1.165) is 15.4 Å². The zero-order chi connectivity index (χ0) is 24.1. The third-order valence-electron chi connectivity index (χ3n) is 5.34. The van der Waals surface area contributed by atoms with Gasteiger partial charge in [0.1, 0.15) is 6.54 Å². The third kappa shape index (κ3) is 5.04. The molecule has 1 heterocycles. The first kappa shape index (κ1) is 23.3. The van der Waals surface area contributed by atoms with Gasteiger partial charge in [-0.25, -0.2) is 13.8 Å². The maximum atomic E-state index is 13.5. The Labute approximate surface area is 198 Å². The normalized spacial score (nSPS) is 12.6. The number of hydrogen-bond acceptors (Lipinski definition) is 6. The highest BCUT2D eigenvalue weighted by molar-refractivity contribution is 7.92. The van der Waals surface area contributed by atoms with Gasteiger partial charge < -0.3 is 9.47 Å². The van der Waals surface area contributed by atoms with Crippen LogP contribution >= 0.6 is 0 Å². The number of nitrogens with zero attached hydrogens (tertiary/aromatic N) is 2. The molecule has 0 radical (unpaired) electrons.